The van der Waals surface area contributed by atoms with Crippen molar-refractivity contribution in [2.75, 3.05) is 7.11 Å². The summed E-state index contributed by atoms with van der Waals surface area (Å²) in [7, 11) is 1.59. The van der Waals surface area contributed by atoms with Gasteiger partial charge in [-0.05, 0) is 31.5 Å². The molecule has 0 amide bonds. The van der Waals surface area contributed by atoms with Crippen molar-refractivity contribution >= 4 is 18.4 Å². The molecule has 0 saturated heterocycles. The van der Waals surface area contributed by atoms with Gasteiger partial charge < -0.3 is 15.2 Å². The van der Waals surface area contributed by atoms with Crippen LogP contribution >= 0.6 is 12.4 Å². The van der Waals surface area contributed by atoms with Gasteiger partial charge in [0.15, 0.2) is 0 Å². The van der Waals surface area contributed by atoms with Crippen molar-refractivity contribution in [1.29, 1.82) is 0 Å². The Labute approximate surface area is 108 Å². The van der Waals surface area contributed by atoms with Gasteiger partial charge in [0.05, 0.1) is 13.2 Å². The van der Waals surface area contributed by atoms with E-state index < -0.39 is 12.0 Å². The molecule has 4 nitrogen and oxygen atoms in total. The second-order valence-corrected chi connectivity index (χ2v) is 3.74. The monoisotopic (exact) mass is 259 g/mol. The predicted molar refractivity (Wildman–Crippen MR) is 68.4 cm³/mol. The number of benzene rings is 1. The summed E-state index contributed by atoms with van der Waals surface area (Å²) in [6.07, 6.45) is -0.156. The van der Waals surface area contributed by atoms with Crippen LogP contribution in [0.5, 0.6) is 5.75 Å². The normalized spacial score (nSPS) is 11.6. The molecule has 17 heavy (non-hydrogen) atoms. The standard InChI is InChI=1S/C12H17NO3.ClH/c1-8(2)16-12(14)11(13)9-4-6-10(15-3)7-5-9;/h4-8,11H,13H2,1-3H3;1H/t11-;/m1./s1. The second-order valence-electron chi connectivity index (χ2n) is 3.74. The number of nitrogens with two attached hydrogens (primary N) is 1. The van der Waals surface area contributed by atoms with Gasteiger partial charge in [-0.25, -0.2) is 4.79 Å². The zero-order valence-electron chi connectivity index (χ0n) is 10.2. The second kappa shape index (κ2) is 7.14. The molecule has 0 bridgehead atoms. The minimum atomic E-state index is -0.742. The topological polar surface area (TPSA) is 61.5 Å². The van der Waals surface area contributed by atoms with Crippen LogP contribution in [0.1, 0.15) is 25.5 Å². The number of carbonyl (C=O) groups excluding carboxylic acids is 1. The molecule has 0 saturated carbocycles. The molecule has 0 radical (unpaired) electrons. The first-order chi connectivity index (χ1) is 7.54. The Bertz CT molecular complexity index is 351. The largest absolute Gasteiger partial charge is 0.497 e. The van der Waals surface area contributed by atoms with E-state index in [1.54, 1.807) is 45.2 Å². The third kappa shape index (κ3) is 4.63. The molecular formula is C12H18ClNO3. The van der Waals surface area contributed by atoms with Crippen LogP contribution in [0.3, 0.4) is 0 Å². The molecule has 0 aliphatic rings. The summed E-state index contributed by atoms with van der Waals surface area (Å²) < 4.78 is 10.0. The van der Waals surface area contributed by atoms with E-state index in [9.17, 15) is 4.79 Å². The van der Waals surface area contributed by atoms with Crippen molar-refractivity contribution in [1.82, 2.24) is 0 Å². The molecule has 0 aliphatic carbocycles. The summed E-state index contributed by atoms with van der Waals surface area (Å²) in [5.74, 6) is 0.313. The average Bonchev–Trinajstić information content (AvgIpc) is 2.27. The zero-order chi connectivity index (χ0) is 12.1. The molecule has 1 rings (SSSR count). The number of methoxy groups -OCH3 is 1. The van der Waals surface area contributed by atoms with E-state index in [1.807, 2.05) is 0 Å². The molecule has 0 aromatic heterocycles. The van der Waals surface area contributed by atoms with Gasteiger partial charge in [-0.2, -0.15) is 0 Å². The summed E-state index contributed by atoms with van der Waals surface area (Å²) in [6.45, 7) is 3.58. The molecule has 0 unspecified atom stereocenters. The summed E-state index contributed by atoms with van der Waals surface area (Å²) in [5, 5.41) is 0. The van der Waals surface area contributed by atoms with Gasteiger partial charge >= 0.3 is 5.97 Å². The minimum absolute atomic E-state index is 0. The molecule has 0 heterocycles. The summed E-state index contributed by atoms with van der Waals surface area (Å²) >= 11 is 0. The van der Waals surface area contributed by atoms with E-state index in [0.717, 1.165) is 5.75 Å². The Morgan fingerprint density at radius 3 is 2.18 bits per heavy atom. The molecule has 0 fully saturated rings. The fraction of sp³-hybridized carbons (Fsp3) is 0.417. The lowest BCUT2D eigenvalue weighted by Crippen LogP contribution is -2.26. The van der Waals surface area contributed by atoms with Gasteiger partial charge in [-0.3, -0.25) is 0 Å². The van der Waals surface area contributed by atoms with Crippen LogP contribution in [0.25, 0.3) is 0 Å². The van der Waals surface area contributed by atoms with Gasteiger partial charge in [0.1, 0.15) is 11.8 Å². The van der Waals surface area contributed by atoms with Crippen LogP contribution in [0, 0.1) is 0 Å². The van der Waals surface area contributed by atoms with Gasteiger partial charge in [0.25, 0.3) is 0 Å². The quantitative estimate of drug-likeness (QED) is 0.841. The van der Waals surface area contributed by atoms with E-state index in [0.29, 0.717) is 5.56 Å². The van der Waals surface area contributed by atoms with E-state index >= 15 is 0 Å². The molecule has 0 aliphatic heterocycles. The Balaban J connectivity index is 0.00000256. The van der Waals surface area contributed by atoms with Crippen LogP contribution < -0.4 is 10.5 Å². The van der Waals surface area contributed by atoms with Crippen molar-refractivity contribution in [2.24, 2.45) is 5.73 Å². The predicted octanol–water partition coefficient (Wildman–Crippen LogP) is 2.07. The Kier molecular flexibility index (Phi) is 6.61. The summed E-state index contributed by atoms with van der Waals surface area (Å²) in [6, 6.07) is 6.29. The minimum Gasteiger partial charge on any atom is -0.497 e. The number of hydrogen-bond donors (Lipinski definition) is 1. The Hall–Kier alpha value is -1.26. The first kappa shape index (κ1) is 15.7. The lowest BCUT2D eigenvalue weighted by atomic mass is 10.1. The number of carbonyl (C=O) groups is 1. The van der Waals surface area contributed by atoms with Crippen molar-refractivity contribution in [3.8, 4) is 5.75 Å². The molecule has 5 heteroatoms. The summed E-state index contributed by atoms with van der Waals surface area (Å²) in [4.78, 5) is 11.5. The van der Waals surface area contributed by atoms with Crippen molar-refractivity contribution < 1.29 is 14.3 Å². The van der Waals surface area contributed by atoms with Crippen LogP contribution in [0.2, 0.25) is 0 Å². The molecular weight excluding hydrogens is 242 g/mol. The van der Waals surface area contributed by atoms with Crippen molar-refractivity contribution in [3.05, 3.63) is 29.8 Å². The van der Waals surface area contributed by atoms with Gasteiger partial charge in [-0.1, -0.05) is 12.1 Å². The van der Waals surface area contributed by atoms with E-state index in [-0.39, 0.29) is 18.5 Å². The highest BCUT2D eigenvalue weighted by atomic mass is 35.5. The highest BCUT2D eigenvalue weighted by Gasteiger charge is 2.18. The Morgan fingerprint density at radius 2 is 1.76 bits per heavy atom. The van der Waals surface area contributed by atoms with E-state index in [2.05, 4.69) is 0 Å². The van der Waals surface area contributed by atoms with Crippen LogP contribution in [-0.2, 0) is 9.53 Å². The highest BCUT2D eigenvalue weighted by Crippen LogP contribution is 2.17. The maximum Gasteiger partial charge on any atom is 0.327 e. The smallest absolute Gasteiger partial charge is 0.327 e. The zero-order valence-corrected chi connectivity index (χ0v) is 11.0. The number of rotatable bonds is 4. The van der Waals surface area contributed by atoms with Gasteiger partial charge in [-0.15, -0.1) is 12.4 Å². The molecule has 1 atom stereocenters. The molecule has 1 aromatic rings. The maximum atomic E-state index is 11.5. The van der Waals surface area contributed by atoms with Gasteiger partial charge in [0.2, 0.25) is 0 Å². The SMILES string of the molecule is COc1ccc([C@@H](N)C(=O)OC(C)C)cc1.Cl. The van der Waals surface area contributed by atoms with Crippen LogP contribution in [0.4, 0.5) is 0 Å². The van der Waals surface area contributed by atoms with Crippen LogP contribution in [-0.4, -0.2) is 19.2 Å². The van der Waals surface area contributed by atoms with Crippen LogP contribution in [0.15, 0.2) is 24.3 Å². The van der Waals surface area contributed by atoms with E-state index in [4.69, 9.17) is 15.2 Å². The first-order valence-corrected chi connectivity index (χ1v) is 5.14. The summed E-state index contributed by atoms with van der Waals surface area (Å²) in [5.41, 5.74) is 6.48. The third-order valence-corrected chi connectivity index (χ3v) is 2.08. The van der Waals surface area contributed by atoms with Gasteiger partial charge in [0, 0.05) is 0 Å². The number of esters is 1. The Morgan fingerprint density at radius 1 is 1.24 bits per heavy atom. The molecule has 1 aromatic carbocycles. The molecule has 0 spiro atoms. The number of halogens is 1. The lowest BCUT2D eigenvalue weighted by Gasteiger charge is -2.14. The number of ether oxygens (including phenoxy) is 2. The van der Waals surface area contributed by atoms with Crippen molar-refractivity contribution in [3.63, 3.8) is 0 Å². The average molecular weight is 260 g/mol. The van der Waals surface area contributed by atoms with E-state index in [1.165, 1.54) is 0 Å². The fourth-order valence-electron chi connectivity index (χ4n) is 1.25. The first-order valence-electron chi connectivity index (χ1n) is 5.14. The number of hydrogen-bond acceptors (Lipinski definition) is 4. The fourth-order valence-corrected chi connectivity index (χ4v) is 1.25. The molecule has 2 N–H and O–H groups in total. The van der Waals surface area contributed by atoms with Crippen molar-refractivity contribution in [2.45, 2.75) is 26.0 Å². The maximum absolute atomic E-state index is 11.5. The lowest BCUT2D eigenvalue weighted by molar-refractivity contribution is -0.149. The molecule has 96 valence electrons. The highest BCUT2D eigenvalue weighted by molar-refractivity contribution is 5.85. The third-order valence-electron chi connectivity index (χ3n) is 2.08.